The van der Waals surface area contributed by atoms with Gasteiger partial charge in [-0.25, -0.2) is 0 Å². The van der Waals surface area contributed by atoms with Crippen molar-refractivity contribution in [2.45, 2.75) is 19.8 Å². The maximum Gasteiger partial charge on any atom is 0.0701 e. The van der Waals surface area contributed by atoms with Crippen LogP contribution in [0.25, 0.3) is 0 Å². The van der Waals surface area contributed by atoms with E-state index in [1.165, 1.54) is 9.35 Å². The standard InChI is InChI=1S/C10H12BrClS/c1-10(2)7(4-12)9(10)6-3-8(11)13-5-6/h3,5,7,9H,4H2,1-2H3. The van der Waals surface area contributed by atoms with Crippen molar-refractivity contribution < 1.29 is 0 Å². The van der Waals surface area contributed by atoms with Gasteiger partial charge in [-0.15, -0.1) is 22.9 Å². The van der Waals surface area contributed by atoms with E-state index in [4.69, 9.17) is 11.6 Å². The number of halogens is 2. The third-order valence-electron chi connectivity index (χ3n) is 3.16. The predicted molar refractivity (Wildman–Crippen MR) is 62.8 cm³/mol. The summed E-state index contributed by atoms with van der Waals surface area (Å²) in [6.45, 7) is 4.60. The van der Waals surface area contributed by atoms with Gasteiger partial charge in [-0.2, -0.15) is 0 Å². The van der Waals surface area contributed by atoms with Crippen LogP contribution in [0.3, 0.4) is 0 Å². The van der Waals surface area contributed by atoms with Gasteiger partial charge in [-0.3, -0.25) is 0 Å². The molecule has 2 rings (SSSR count). The summed E-state index contributed by atoms with van der Waals surface area (Å²) in [6.07, 6.45) is 0. The molecule has 0 spiro atoms. The molecule has 1 heterocycles. The molecular formula is C10H12BrClS. The molecule has 2 unspecified atom stereocenters. The molecule has 0 radical (unpaired) electrons. The molecule has 3 heteroatoms. The second-order valence-corrected chi connectivity index (χ2v) is 6.84. The third kappa shape index (κ3) is 1.57. The second kappa shape index (κ2) is 3.25. The molecule has 0 bridgehead atoms. The van der Waals surface area contributed by atoms with Crippen molar-refractivity contribution in [3.05, 3.63) is 20.8 Å². The van der Waals surface area contributed by atoms with Gasteiger partial charge in [0.15, 0.2) is 0 Å². The smallest absolute Gasteiger partial charge is 0.0701 e. The predicted octanol–water partition coefficient (Wildman–Crippen LogP) is 4.49. The lowest BCUT2D eigenvalue weighted by molar-refractivity contribution is 0.577. The molecule has 0 aromatic carbocycles. The van der Waals surface area contributed by atoms with Crippen LogP contribution in [-0.2, 0) is 0 Å². The molecule has 0 saturated heterocycles. The van der Waals surface area contributed by atoms with Crippen LogP contribution in [0.5, 0.6) is 0 Å². The number of hydrogen-bond acceptors (Lipinski definition) is 1. The largest absolute Gasteiger partial charge is 0.137 e. The van der Waals surface area contributed by atoms with E-state index in [0.29, 0.717) is 17.3 Å². The molecule has 13 heavy (non-hydrogen) atoms. The number of rotatable bonds is 2. The summed E-state index contributed by atoms with van der Waals surface area (Å²) in [7, 11) is 0. The lowest BCUT2D eigenvalue weighted by atomic mass is 10.1. The number of hydrogen-bond donors (Lipinski definition) is 0. The highest BCUT2D eigenvalue weighted by Crippen LogP contribution is 2.65. The Morgan fingerprint density at radius 3 is 2.69 bits per heavy atom. The summed E-state index contributed by atoms with van der Waals surface area (Å²) >= 11 is 11.2. The first-order valence-corrected chi connectivity index (χ1v) is 6.58. The van der Waals surface area contributed by atoms with E-state index in [2.05, 4.69) is 41.2 Å². The van der Waals surface area contributed by atoms with Crippen LogP contribution in [-0.4, -0.2) is 5.88 Å². The zero-order chi connectivity index (χ0) is 9.64. The van der Waals surface area contributed by atoms with Gasteiger partial charge in [-0.1, -0.05) is 13.8 Å². The minimum absolute atomic E-state index is 0.405. The van der Waals surface area contributed by atoms with Gasteiger partial charge in [0.1, 0.15) is 0 Å². The fourth-order valence-electron chi connectivity index (χ4n) is 2.18. The van der Waals surface area contributed by atoms with Crippen LogP contribution in [0, 0.1) is 11.3 Å². The highest BCUT2D eigenvalue weighted by atomic mass is 79.9. The normalized spacial score (nSPS) is 30.5. The zero-order valence-corrected chi connectivity index (χ0v) is 10.8. The van der Waals surface area contributed by atoms with Crippen molar-refractivity contribution in [1.82, 2.24) is 0 Å². The SMILES string of the molecule is CC1(C)C(CCl)C1c1csc(Br)c1. The van der Waals surface area contributed by atoms with Gasteiger partial charge < -0.3 is 0 Å². The van der Waals surface area contributed by atoms with Crippen LogP contribution < -0.4 is 0 Å². The minimum atomic E-state index is 0.405. The molecule has 0 amide bonds. The molecule has 1 aliphatic rings. The summed E-state index contributed by atoms with van der Waals surface area (Å²) in [6, 6.07) is 2.23. The van der Waals surface area contributed by atoms with Gasteiger partial charge in [0, 0.05) is 5.88 Å². The Labute approximate surface area is 96.4 Å². The van der Waals surface area contributed by atoms with Crippen LogP contribution in [0.2, 0.25) is 0 Å². The fourth-order valence-corrected chi connectivity index (χ4v) is 3.97. The van der Waals surface area contributed by atoms with E-state index in [1.807, 2.05) is 0 Å². The first-order valence-electron chi connectivity index (χ1n) is 4.37. The minimum Gasteiger partial charge on any atom is -0.137 e. The van der Waals surface area contributed by atoms with Crippen molar-refractivity contribution in [2.24, 2.45) is 11.3 Å². The van der Waals surface area contributed by atoms with Gasteiger partial charge in [0.25, 0.3) is 0 Å². The Morgan fingerprint density at radius 2 is 2.31 bits per heavy atom. The van der Waals surface area contributed by atoms with Crippen LogP contribution in [0.4, 0.5) is 0 Å². The van der Waals surface area contributed by atoms with Crippen molar-refractivity contribution in [2.75, 3.05) is 5.88 Å². The van der Waals surface area contributed by atoms with E-state index in [-0.39, 0.29) is 0 Å². The van der Waals surface area contributed by atoms with Gasteiger partial charge in [0.05, 0.1) is 3.79 Å². The third-order valence-corrected chi connectivity index (χ3v) is 5.02. The quantitative estimate of drug-likeness (QED) is 0.700. The van der Waals surface area contributed by atoms with Crippen molar-refractivity contribution in [3.63, 3.8) is 0 Å². The van der Waals surface area contributed by atoms with Crippen LogP contribution in [0.1, 0.15) is 25.3 Å². The molecule has 1 aromatic heterocycles. The maximum atomic E-state index is 5.93. The first kappa shape index (κ1) is 10.0. The molecule has 0 aliphatic heterocycles. The topological polar surface area (TPSA) is 0 Å². The van der Waals surface area contributed by atoms with Crippen LogP contribution >= 0.6 is 38.9 Å². The molecule has 1 aromatic rings. The maximum absolute atomic E-state index is 5.93. The molecule has 1 saturated carbocycles. The van der Waals surface area contributed by atoms with E-state index in [9.17, 15) is 0 Å². The zero-order valence-electron chi connectivity index (χ0n) is 7.68. The van der Waals surface area contributed by atoms with Gasteiger partial charge >= 0.3 is 0 Å². The van der Waals surface area contributed by atoms with Crippen molar-refractivity contribution in [3.8, 4) is 0 Å². The first-order chi connectivity index (χ1) is 6.07. The average Bonchev–Trinajstić information content (AvgIpc) is 2.41. The number of thiophene rings is 1. The Balaban J connectivity index is 2.21. The summed E-state index contributed by atoms with van der Waals surface area (Å²) < 4.78 is 1.22. The van der Waals surface area contributed by atoms with Gasteiger partial charge in [-0.05, 0) is 50.2 Å². The molecular weight excluding hydrogens is 268 g/mol. The molecule has 0 nitrogen and oxygen atoms in total. The van der Waals surface area contributed by atoms with Crippen molar-refractivity contribution in [1.29, 1.82) is 0 Å². The Hall–Kier alpha value is 0.470. The highest BCUT2D eigenvalue weighted by Gasteiger charge is 2.57. The average molecular weight is 280 g/mol. The van der Waals surface area contributed by atoms with Gasteiger partial charge in [0.2, 0.25) is 0 Å². The highest BCUT2D eigenvalue weighted by molar-refractivity contribution is 9.11. The molecule has 72 valence electrons. The molecule has 0 N–H and O–H groups in total. The monoisotopic (exact) mass is 278 g/mol. The fraction of sp³-hybridized carbons (Fsp3) is 0.600. The summed E-state index contributed by atoms with van der Waals surface area (Å²) in [5.41, 5.74) is 1.86. The summed E-state index contributed by atoms with van der Waals surface area (Å²) in [4.78, 5) is 0. The van der Waals surface area contributed by atoms with E-state index >= 15 is 0 Å². The molecule has 2 atom stereocenters. The molecule has 1 fully saturated rings. The second-order valence-electron chi connectivity index (χ2n) is 4.24. The van der Waals surface area contributed by atoms with E-state index in [1.54, 1.807) is 11.3 Å². The molecule has 1 aliphatic carbocycles. The Morgan fingerprint density at radius 1 is 1.62 bits per heavy atom. The number of alkyl halides is 1. The van der Waals surface area contributed by atoms with E-state index < -0.39 is 0 Å². The summed E-state index contributed by atoms with van der Waals surface area (Å²) in [5.74, 6) is 2.12. The van der Waals surface area contributed by atoms with E-state index in [0.717, 1.165) is 5.88 Å². The summed E-state index contributed by atoms with van der Waals surface area (Å²) in [5, 5.41) is 2.24. The lowest BCUT2D eigenvalue weighted by Crippen LogP contribution is -1.90. The Kier molecular flexibility index (Phi) is 2.50. The van der Waals surface area contributed by atoms with Crippen molar-refractivity contribution >= 4 is 38.9 Å². The lowest BCUT2D eigenvalue weighted by Gasteiger charge is -1.98. The van der Waals surface area contributed by atoms with Crippen LogP contribution in [0.15, 0.2) is 15.2 Å². The Bertz CT molecular complexity index is 318.